The summed E-state index contributed by atoms with van der Waals surface area (Å²) in [4.78, 5) is 0. The van der Waals surface area contributed by atoms with E-state index in [0.717, 1.165) is 51.4 Å². The van der Waals surface area contributed by atoms with Crippen molar-refractivity contribution in [3.05, 3.63) is 0 Å². The number of unbranched alkanes of at least 4 members (excludes halogenated alkanes) is 62. The van der Waals surface area contributed by atoms with Gasteiger partial charge in [-0.3, -0.25) is 8.37 Å². The fourth-order valence-corrected chi connectivity index (χ4v) is 14.0. The van der Waals surface area contributed by atoms with Gasteiger partial charge in [-0.1, -0.05) is 451 Å². The van der Waals surface area contributed by atoms with E-state index in [9.17, 15) is 25.9 Å². The molecule has 532 valence electrons. The molecule has 89 heavy (non-hydrogen) atoms. The quantitative estimate of drug-likeness (QED) is 0.0254. The third-order valence-corrected chi connectivity index (χ3v) is 20.1. The van der Waals surface area contributed by atoms with Gasteiger partial charge >= 0.3 is 37.7 Å². The van der Waals surface area contributed by atoms with Crippen LogP contribution in [0.3, 0.4) is 0 Å². The molecule has 0 saturated heterocycles. The third-order valence-electron chi connectivity index (χ3n) is 19.3. The zero-order chi connectivity index (χ0) is 64.5. The van der Waals surface area contributed by atoms with E-state index in [2.05, 4.69) is 36.1 Å². The Morgan fingerprint density at radius 2 is 0.303 bits per heavy atom. The van der Waals surface area contributed by atoms with Gasteiger partial charge in [0.15, 0.2) is 0 Å². The van der Waals surface area contributed by atoms with Gasteiger partial charge in [0.25, 0.3) is 0 Å². The van der Waals surface area contributed by atoms with Gasteiger partial charge in [0.2, 0.25) is 20.8 Å². The van der Waals surface area contributed by atoms with Crippen molar-refractivity contribution in [1.29, 1.82) is 0 Å². The largest absolute Gasteiger partial charge is 2.00 e. The molecule has 0 aliphatic rings. The van der Waals surface area contributed by atoms with Crippen LogP contribution >= 0.6 is 0 Å². The maximum Gasteiger partial charge on any atom is 2.00 e. The second-order valence-electron chi connectivity index (χ2n) is 28.2. The SMILES string of the molecule is CCCCCCCCCCCCCCCCCCCCCCC(CCCCCCCCCCCCCCC)COS(=O)(=O)[O-].CCCCCCCCCCCCCCCCCCCCCCC(CCCCCCCCCCCCCCC)COS(=O)(=O)[O-].[Ca+2]. The molecule has 2 atom stereocenters. The minimum absolute atomic E-state index is 0. The van der Waals surface area contributed by atoms with E-state index in [0.29, 0.717) is 0 Å². The summed E-state index contributed by atoms with van der Waals surface area (Å²) in [6.07, 6.45) is 93.7. The van der Waals surface area contributed by atoms with E-state index in [-0.39, 0.29) is 62.8 Å². The van der Waals surface area contributed by atoms with Gasteiger partial charge in [0.05, 0.1) is 13.2 Å². The van der Waals surface area contributed by atoms with E-state index in [1.165, 1.54) is 398 Å². The first-order valence-electron chi connectivity index (χ1n) is 40.2. The molecule has 0 saturated carbocycles. The molecule has 0 heterocycles. The van der Waals surface area contributed by atoms with Crippen LogP contribution in [-0.2, 0) is 29.2 Å². The molecule has 0 aromatic heterocycles. The Morgan fingerprint density at radius 3 is 0.404 bits per heavy atom. The van der Waals surface area contributed by atoms with Crippen LogP contribution in [0, 0.1) is 11.8 Å². The van der Waals surface area contributed by atoms with Crippen molar-refractivity contribution in [2.75, 3.05) is 13.2 Å². The van der Waals surface area contributed by atoms with E-state index in [1.54, 1.807) is 0 Å². The zero-order valence-electron chi connectivity index (χ0n) is 60.9. The van der Waals surface area contributed by atoms with Gasteiger partial charge in [-0.15, -0.1) is 0 Å². The van der Waals surface area contributed by atoms with Crippen LogP contribution < -0.4 is 0 Å². The molecular formula is C78H158CaO8S2. The summed E-state index contributed by atoms with van der Waals surface area (Å²) in [5.74, 6) is 0.393. The van der Waals surface area contributed by atoms with Gasteiger partial charge in [0, 0.05) is 0 Å². The molecule has 0 spiro atoms. The van der Waals surface area contributed by atoms with Crippen molar-refractivity contribution in [2.45, 2.75) is 477 Å². The molecule has 2 unspecified atom stereocenters. The van der Waals surface area contributed by atoms with E-state index in [1.807, 2.05) is 0 Å². The van der Waals surface area contributed by atoms with Crippen molar-refractivity contribution >= 4 is 58.5 Å². The van der Waals surface area contributed by atoms with Crippen molar-refractivity contribution in [1.82, 2.24) is 0 Å². The molecule has 0 aliphatic carbocycles. The van der Waals surface area contributed by atoms with Crippen LogP contribution in [-0.4, -0.2) is 76.9 Å². The minimum Gasteiger partial charge on any atom is -0.726 e. The third kappa shape index (κ3) is 89.0. The molecule has 0 amide bonds. The Hall–Kier alpha value is 1.000. The Kier molecular flexibility index (Phi) is 84.3. The first-order valence-corrected chi connectivity index (χ1v) is 42.9. The molecule has 0 aromatic rings. The Bertz CT molecular complexity index is 1390. The fraction of sp³-hybridized carbons (Fsp3) is 1.00. The molecular weight excluding hydrogens is 1170 g/mol. The van der Waals surface area contributed by atoms with E-state index in [4.69, 9.17) is 0 Å². The molecule has 0 fully saturated rings. The number of hydrogen-bond acceptors (Lipinski definition) is 8. The van der Waals surface area contributed by atoms with Crippen molar-refractivity contribution < 1.29 is 34.3 Å². The van der Waals surface area contributed by atoms with Crippen molar-refractivity contribution in [3.63, 3.8) is 0 Å². The van der Waals surface area contributed by atoms with Gasteiger partial charge in [-0.05, 0) is 37.5 Å². The Morgan fingerprint density at radius 1 is 0.202 bits per heavy atom. The normalized spacial score (nSPS) is 12.6. The monoisotopic (exact) mass is 1330 g/mol. The van der Waals surface area contributed by atoms with Crippen LogP contribution in [0.2, 0.25) is 0 Å². The van der Waals surface area contributed by atoms with Crippen LogP contribution in [0.15, 0.2) is 0 Å². The summed E-state index contributed by atoms with van der Waals surface area (Å²) < 4.78 is 75.4. The Balaban J connectivity index is -0.00000164. The number of hydrogen-bond donors (Lipinski definition) is 0. The summed E-state index contributed by atoms with van der Waals surface area (Å²) >= 11 is 0. The van der Waals surface area contributed by atoms with Crippen LogP contribution in [0.25, 0.3) is 0 Å². The summed E-state index contributed by atoms with van der Waals surface area (Å²) in [5.41, 5.74) is 0. The van der Waals surface area contributed by atoms with Gasteiger partial charge in [0.1, 0.15) is 0 Å². The van der Waals surface area contributed by atoms with Crippen molar-refractivity contribution in [2.24, 2.45) is 11.8 Å². The van der Waals surface area contributed by atoms with Crippen LogP contribution in [0.5, 0.6) is 0 Å². The maximum atomic E-state index is 11.0. The maximum absolute atomic E-state index is 11.0. The molecule has 0 aliphatic heterocycles. The summed E-state index contributed by atoms with van der Waals surface area (Å²) in [6.45, 7) is 9.27. The Labute approximate surface area is 590 Å². The second kappa shape index (κ2) is 79.7. The van der Waals surface area contributed by atoms with Crippen LogP contribution in [0.4, 0.5) is 0 Å². The van der Waals surface area contributed by atoms with E-state index >= 15 is 0 Å². The topological polar surface area (TPSA) is 133 Å². The first-order chi connectivity index (χ1) is 43.0. The second-order valence-corrected chi connectivity index (χ2v) is 30.3. The molecule has 0 N–H and O–H groups in total. The van der Waals surface area contributed by atoms with Crippen molar-refractivity contribution in [3.8, 4) is 0 Å². The molecule has 0 radical (unpaired) electrons. The predicted molar refractivity (Wildman–Crippen MR) is 390 cm³/mol. The first kappa shape index (κ1) is 94.2. The molecule has 8 nitrogen and oxygen atoms in total. The molecule has 11 heteroatoms. The summed E-state index contributed by atoms with van der Waals surface area (Å²) in [5, 5.41) is 0. The summed E-state index contributed by atoms with van der Waals surface area (Å²) in [7, 11) is -9.18. The number of rotatable bonds is 76. The average molecular weight is 1330 g/mol. The van der Waals surface area contributed by atoms with Gasteiger partial charge < -0.3 is 9.11 Å². The van der Waals surface area contributed by atoms with Gasteiger partial charge in [-0.25, -0.2) is 16.8 Å². The van der Waals surface area contributed by atoms with Gasteiger partial charge in [-0.2, -0.15) is 0 Å². The molecule has 0 rings (SSSR count). The average Bonchev–Trinajstić information content (AvgIpc) is 3.53. The minimum atomic E-state index is -4.59. The standard InChI is InChI=1S/2C39H80O4S.Ca/c2*1-3-5-7-9-11-13-15-17-18-19-20-21-22-23-25-27-29-31-33-35-37-39(38-43-44(40,41)42)36-34-32-30-28-26-24-16-14-12-10-8-6-4-2;/h2*39H,3-38H2,1-2H3,(H,40,41,42);/q;;+2/p-2. The molecule has 0 bridgehead atoms. The predicted octanol–water partition coefficient (Wildman–Crippen LogP) is 27.2. The summed E-state index contributed by atoms with van der Waals surface area (Å²) in [6, 6.07) is 0. The smallest absolute Gasteiger partial charge is 0.726 e. The zero-order valence-corrected chi connectivity index (χ0v) is 64.7. The fourth-order valence-electron chi connectivity index (χ4n) is 13.3. The van der Waals surface area contributed by atoms with Crippen LogP contribution in [0.1, 0.15) is 477 Å². The van der Waals surface area contributed by atoms with E-state index < -0.39 is 20.8 Å². The molecule has 0 aromatic carbocycles.